The molecule has 1 unspecified atom stereocenters. The Hall–Kier alpha value is -4.63. The normalized spacial score (nSPS) is 15.0. The molecule has 0 aliphatic carbocycles. The van der Waals surface area contributed by atoms with E-state index in [-0.39, 0.29) is 23.6 Å². The Kier molecular flexibility index (Phi) is 7.57. The van der Waals surface area contributed by atoms with E-state index < -0.39 is 23.5 Å². The summed E-state index contributed by atoms with van der Waals surface area (Å²) in [6.07, 6.45) is 0. The highest BCUT2D eigenvalue weighted by atomic mass is 32.1. The molecule has 204 valence electrons. The maximum Gasteiger partial charge on any atom is 0.290 e. The van der Waals surface area contributed by atoms with Gasteiger partial charge in [0.15, 0.2) is 17.3 Å². The number of aromatic nitrogens is 1. The Labute approximate surface area is 235 Å². The number of carbonyl (C=O) groups is 2. The van der Waals surface area contributed by atoms with Crippen LogP contribution in [0.25, 0.3) is 10.6 Å². The average molecular weight is 557 g/mol. The highest BCUT2D eigenvalue weighted by Crippen LogP contribution is 2.43. The van der Waals surface area contributed by atoms with Crippen LogP contribution in [0.15, 0.2) is 84.1 Å². The fourth-order valence-electron chi connectivity index (χ4n) is 4.73. The number of ether oxygens (including phenoxy) is 2. The number of Topliss-reactive ketones (excluding diaryl/α,β-unsaturated/α-hetero) is 1. The van der Waals surface area contributed by atoms with Gasteiger partial charge in [0.2, 0.25) is 5.78 Å². The molecule has 1 atom stereocenters. The highest BCUT2D eigenvalue weighted by Gasteiger charge is 2.44. The number of phenols is 1. The number of aromatic hydroxyl groups is 1. The molecule has 0 spiro atoms. The molecule has 40 heavy (non-hydrogen) atoms. The third-order valence-electron chi connectivity index (χ3n) is 6.68. The van der Waals surface area contributed by atoms with Gasteiger partial charge in [-0.2, -0.15) is 0 Å². The van der Waals surface area contributed by atoms with Crippen molar-refractivity contribution >= 4 is 23.0 Å². The fraction of sp³-hybridized carbons (Fsp3) is 0.194. The number of amides is 1. The first-order chi connectivity index (χ1) is 19.3. The van der Waals surface area contributed by atoms with Crippen molar-refractivity contribution in [1.29, 1.82) is 0 Å². The molecule has 1 amide bonds. The lowest BCUT2D eigenvalue weighted by Gasteiger charge is -2.27. The molecule has 0 bridgehead atoms. The van der Waals surface area contributed by atoms with E-state index >= 15 is 0 Å². The van der Waals surface area contributed by atoms with E-state index in [0.29, 0.717) is 33.5 Å². The first-order valence-electron chi connectivity index (χ1n) is 12.7. The second kappa shape index (κ2) is 11.2. The molecule has 0 radical (unpaired) electrons. The monoisotopic (exact) mass is 556 g/mol. The molecule has 1 aromatic heterocycles. The molecule has 2 N–H and O–H groups in total. The zero-order valence-electron chi connectivity index (χ0n) is 22.2. The third-order valence-corrected chi connectivity index (χ3v) is 7.89. The van der Waals surface area contributed by atoms with E-state index in [0.717, 1.165) is 11.1 Å². The van der Waals surface area contributed by atoms with Gasteiger partial charge in [-0.1, -0.05) is 48.5 Å². The molecule has 9 heteroatoms. The average Bonchev–Trinajstić information content (AvgIpc) is 3.48. The van der Waals surface area contributed by atoms with E-state index in [1.807, 2.05) is 42.5 Å². The maximum atomic E-state index is 14.1. The van der Waals surface area contributed by atoms with Gasteiger partial charge in [-0.3, -0.25) is 9.59 Å². The molecule has 0 saturated heterocycles. The van der Waals surface area contributed by atoms with Crippen molar-refractivity contribution in [3.05, 3.63) is 106 Å². The SMILES string of the molecule is CCOc1cc(C2C(C(=O)c3sc(-c4ccccc4)nc3C)=C(O)C(=O)N2Cc2ccc(OC)cc2)ccc1O. The van der Waals surface area contributed by atoms with Crippen LogP contribution in [0.3, 0.4) is 0 Å². The van der Waals surface area contributed by atoms with Crippen molar-refractivity contribution in [3.8, 4) is 27.8 Å². The quantitative estimate of drug-likeness (QED) is 0.243. The van der Waals surface area contributed by atoms with Crippen LogP contribution < -0.4 is 9.47 Å². The number of hydrogen-bond acceptors (Lipinski definition) is 8. The predicted octanol–water partition coefficient (Wildman–Crippen LogP) is 6.01. The van der Waals surface area contributed by atoms with Crippen LogP contribution in [0, 0.1) is 6.92 Å². The summed E-state index contributed by atoms with van der Waals surface area (Å²) >= 11 is 1.22. The standard InChI is InChI=1S/C31H28N2O6S/c1-4-39-24-16-21(12-15-23(24)34)26-25(27(35)29-18(2)32-30(40-29)20-8-6-5-7-9-20)28(36)31(37)33(26)17-19-10-13-22(38-3)14-11-19/h5-16,26,34,36H,4,17H2,1-3H3. The molecule has 8 nitrogen and oxygen atoms in total. The number of aryl methyl sites for hydroxylation is 1. The van der Waals surface area contributed by atoms with Gasteiger partial charge in [-0.05, 0) is 49.2 Å². The zero-order valence-corrected chi connectivity index (χ0v) is 23.1. The molecule has 2 heterocycles. The summed E-state index contributed by atoms with van der Waals surface area (Å²) in [5, 5.41) is 22.1. The molecule has 1 aliphatic rings. The van der Waals surface area contributed by atoms with Crippen LogP contribution in [0.5, 0.6) is 17.2 Å². The minimum Gasteiger partial charge on any atom is -0.504 e. The van der Waals surface area contributed by atoms with Crippen LogP contribution in [0.2, 0.25) is 0 Å². The van der Waals surface area contributed by atoms with E-state index in [9.17, 15) is 19.8 Å². The summed E-state index contributed by atoms with van der Waals surface area (Å²) in [6.45, 7) is 3.96. The van der Waals surface area contributed by atoms with Crippen LogP contribution in [0.1, 0.15) is 39.5 Å². The number of methoxy groups -OCH3 is 1. The molecule has 3 aromatic carbocycles. The zero-order chi connectivity index (χ0) is 28.4. The van der Waals surface area contributed by atoms with Crippen LogP contribution in [-0.2, 0) is 11.3 Å². The van der Waals surface area contributed by atoms with Crippen LogP contribution in [0.4, 0.5) is 0 Å². The second-order valence-corrected chi connectivity index (χ2v) is 10.2. The Morgan fingerprint density at radius 1 is 1.05 bits per heavy atom. The van der Waals surface area contributed by atoms with Gasteiger partial charge in [0, 0.05) is 12.1 Å². The lowest BCUT2D eigenvalue weighted by atomic mass is 9.94. The number of thiazole rings is 1. The number of carbonyl (C=O) groups excluding carboxylic acids is 2. The highest BCUT2D eigenvalue weighted by molar-refractivity contribution is 7.17. The van der Waals surface area contributed by atoms with Crippen molar-refractivity contribution in [2.45, 2.75) is 26.4 Å². The number of rotatable bonds is 9. The Bertz CT molecular complexity index is 1590. The van der Waals surface area contributed by atoms with Crippen molar-refractivity contribution < 1.29 is 29.3 Å². The summed E-state index contributed by atoms with van der Waals surface area (Å²) in [5.74, 6) is -0.931. The van der Waals surface area contributed by atoms with Crippen molar-refractivity contribution in [1.82, 2.24) is 9.88 Å². The maximum absolute atomic E-state index is 14.1. The first-order valence-corrected chi connectivity index (χ1v) is 13.5. The molecular weight excluding hydrogens is 528 g/mol. The topological polar surface area (TPSA) is 109 Å². The molecule has 5 rings (SSSR count). The first kappa shape index (κ1) is 27.0. The number of phenolic OH excluding ortho intramolecular Hbond substituents is 1. The second-order valence-electron chi connectivity index (χ2n) is 9.23. The van der Waals surface area contributed by atoms with E-state index in [1.165, 1.54) is 22.3 Å². The summed E-state index contributed by atoms with van der Waals surface area (Å²) in [7, 11) is 1.57. The summed E-state index contributed by atoms with van der Waals surface area (Å²) in [4.78, 5) is 34.0. The van der Waals surface area contributed by atoms with Gasteiger partial charge in [-0.15, -0.1) is 11.3 Å². The van der Waals surface area contributed by atoms with Crippen molar-refractivity contribution in [3.63, 3.8) is 0 Å². The number of hydrogen-bond donors (Lipinski definition) is 2. The smallest absolute Gasteiger partial charge is 0.290 e. The van der Waals surface area contributed by atoms with E-state index in [4.69, 9.17) is 9.47 Å². The summed E-state index contributed by atoms with van der Waals surface area (Å²) < 4.78 is 10.8. The van der Waals surface area contributed by atoms with Crippen molar-refractivity contribution in [2.24, 2.45) is 0 Å². The number of nitrogens with zero attached hydrogens (tertiary/aromatic N) is 2. The summed E-state index contributed by atoms with van der Waals surface area (Å²) in [6, 6.07) is 20.5. The number of aliphatic hydroxyl groups excluding tert-OH is 1. The Morgan fingerprint density at radius 3 is 2.45 bits per heavy atom. The summed E-state index contributed by atoms with van der Waals surface area (Å²) in [5.41, 5.74) is 2.63. The number of benzene rings is 3. The molecular formula is C31H28N2O6S. The van der Waals surface area contributed by atoms with Gasteiger partial charge >= 0.3 is 0 Å². The Morgan fingerprint density at radius 2 is 1.77 bits per heavy atom. The van der Waals surface area contributed by atoms with Crippen LogP contribution in [-0.4, -0.2) is 45.5 Å². The van der Waals surface area contributed by atoms with Gasteiger partial charge in [0.25, 0.3) is 5.91 Å². The fourth-order valence-corrected chi connectivity index (χ4v) is 5.75. The number of ketones is 1. The van der Waals surface area contributed by atoms with Crippen molar-refractivity contribution in [2.75, 3.05) is 13.7 Å². The minimum absolute atomic E-state index is 0.0435. The van der Waals surface area contributed by atoms with Crippen LogP contribution >= 0.6 is 11.3 Å². The number of aliphatic hydroxyl groups is 1. The third kappa shape index (κ3) is 5.03. The molecule has 4 aromatic rings. The van der Waals surface area contributed by atoms with E-state index in [1.54, 1.807) is 45.2 Å². The van der Waals surface area contributed by atoms with Gasteiger partial charge in [0.05, 0.1) is 35.9 Å². The van der Waals surface area contributed by atoms with Gasteiger partial charge in [0.1, 0.15) is 10.8 Å². The molecule has 0 saturated carbocycles. The van der Waals surface area contributed by atoms with Gasteiger partial charge < -0.3 is 24.6 Å². The molecule has 0 fully saturated rings. The predicted molar refractivity (Wildman–Crippen MR) is 152 cm³/mol. The minimum atomic E-state index is -0.927. The largest absolute Gasteiger partial charge is 0.504 e. The molecule has 1 aliphatic heterocycles. The lowest BCUT2D eigenvalue weighted by molar-refractivity contribution is -0.130. The van der Waals surface area contributed by atoms with E-state index in [2.05, 4.69) is 4.98 Å². The Balaban J connectivity index is 1.59. The van der Waals surface area contributed by atoms with Gasteiger partial charge in [-0.25, -0.2) is 4.98 Å². The lowest BCUT2D eigenvalue weighted by Crippen LogP contribution is -2.30.